The van der Waals surface area contributed by atoms with Crippen LogP contribution in [0.1, 0.15) is 29.6 Å². The summed E-state index contributed by atoms with van der Waals surface area (Å²) in [5, 5.41) is 8.49. The highest BCUT2D eigenvalue weighted by Gasteiger charge is 2.24. The van der Waals surface area contributed by atoms with Crippen molar-refractivity contribution in [2.75, 3.05) is 13.1 Å². The molecule has 5 nitrogen and oxygen atoms in total. The van der Waals surface area contributed by atoms with Gasteiger partial charge in [-0.1, -0.05) is 18.2 Å². The number of amides is 2. The van der Waals surface area contributed by atoms with Crippen LogP contribution in [0, 0.1) is 5.92 Å². The van der Waals surface area contributed by atoms with Crippen molar-refractivity contribution in [3.8, 4) is 0 Å². The van der Waals surface area contributed by atoms with Crippen LogP contribution in [0.2, 0.25) is 0 Å². The lowest BCUT2D eigenvalue weighted by Gasteiger charge is -2.31. The fourth-order valence-electron chi connectivity index (χ4n) is 2.41. The number of carbonyl (C=O) groups is 2. The van der Waals surface area contributed by atoms with E-state index in [1.807, 2.05) is 35.2 Å². The second-order valence-electron chi connectivity index (χ2n) is 4.84. The first-order valence-electron chi connectivity index (χ1n) is 6.48. The topological polar surface area (TPSA) is 69.6 Å². The summed E-state index contributed by atoms with van der Waals surface area (Å²) in [6.07, 6.45) is 1.92. The largest absolute Gasteiger partial charge is 0.339 e. The first kappa shape index (κ1) is 13.5. The number of hydrogen-bond donors (Lipinski definition) is 2. The van der Waals surface area contributed by atoms with Crippen molar-refractivity contribution in [3.63, 3.8) is 0 Å². The fraction of sp³-hybridized carbons (Fsp3) is 0.429. The lowest BCUT2D eigenvalue weighted by molar-refractivity contribution is -0.130. The smallest absolute Gasteiger partial charge is 0.253 e. The van der Waals surface area contributed by atoms with Crippen molar-refractivity contribution >= 4 is 11.8 Å². The second kappa shape index (κ2) is 6.33. The molecule has 1 aliphatic heterocycles. The summed E-state index contributed by atoms with van der Waals surface area (Å²) >= 11 is 0. The van der Waals surface area contributed by atoms with Crippen molar-refractivity contribution in [3.05, 3.63) is 35.9 Å². The number of benzene rings is 1. The molecule has 19 heavy (non-hydrogen) atoms. The molecule has 1 heterocycles. The molecule has 0 aliphatic carbocycles. The number of likely N-dealkylation sites (tertiary alicyclic amines) is 1. The molecule has 0 saturated carbocycles. The van der Waals surface area contributed by atoms with Crippen LogP contribution < -0.4 is 5.48 Å². The first-order chi connectivity index (χ1) is 9.20. The van der Waals surface area contributed by atoms with Crippen molar-refractivity contribution in [2.45, 2.75) is 19.3 Å². The first-order valence-corrected chi connectivity index (χ1v) is 6.48. The molecule has 0 atom stereocenters. The molecule has 1 aromatic rings. The maximum atomic E-state index is 12.2. The summed E-state index contributed by atoms with van der Waals surface area (Å²) in [7, 11) is 0. The van der Waals surface area contributed by atoms with Gasteiger partial charge in [-0.3, -0.25) is 14.8 Å². The van der Waals surface area contributed by atoms with Gasteiger partial charge in [0.15, 0.2) is 0 Å². The Morgan fingerprint density at radius 2 is 1.84 bits per heavy atom. The van der Waals surface area contributed by atoms with E-state index in [9.17, 15) is 9.59 Å². The van der Waals surface area contributed by atoms with Gasteiger partial charge in [0.25, 0.3) is 5.91 Å². The summed E-state index contributed by atoms with van der Waals surface area (Å²) < 4.78 is 0. The van der Waals surface area contributed by atoms with Crippen LogP contribution in [0.25, 0.3) is 0 Å². The Morgan fingerprint density at radius 1 is 1.21 bits per heavy atom. The average Bonchev–Trinajstić information content (AvgIpc) is 2.48. The van der Waals surface area contributed by atoms with Gasteiger partial charge in [0, 0.05) is 25.1 Å². The molecular weight excluding hydrogens is 244 g/mol. The van der Waals surface area contributed by atoms with Crippen molar-refractivity contribution in [1.82, 2.24) is 10.4 Å². The number of hydroxylamine groups is 1. The predicted octanol–water partition coefficient (Wildman–Crippen LogP) is 1.43. The van der Waals surface area contributed by atoms with Crippen molar-refractivity contribution < 1.29 is 14.8 Å². The fourth-order valence-corrected chi connectivity index (χ4v) is 2.41. The van der Waals surface area contributed by atoms with Crippen LogP contribution in [0.15, 0.2) is 30.3 Å². The molecule has 0 spiro atoms. The molecular formula is C14H18N2O3. The van der Waals surface area contributed by atoms with Gasteiger partial charge in [0.05, 0.1) is 0 Å². The Labute approximate surface area is 112 Å². The zero-order chi connectivity index (χ0) is 13.7. The monoisotopic (exact) mass is 262 g/mol. The number of carbonyl (C=O) groups excluding carboxylic acids is 2. The summed E-state index contributed by atoms with van der Waals surface area (Å²) in [5.74, 6) is -0.0644. The summed E-state index contributed by atoms with van der Waals surface area (Å²) in [6.45, 7) is 1.33. The molecule has 5 heteroatoms. The molecule has 2 rings (SSSR count). The minimum Gasteiger partial charge on any atom is -0.339 e. The highest BCUT2D eigenvalue weighted by Crippen LogP contribution is 2.21. The summed E-state index contributed by atoms with van der Waals surface area (Å²) in [5.41, 5.74) is 2.36. The minimum atomic E-state index is -0.354. The van der Waals surface area contributed by atoms with Crippen molar-refractivity contribution in [1.29, 1.82) is 0 Å². The van der Waals surface area contributed by atoms with Gasteiger partial charge in [-0.05, 0) is 30.9 Å². The lowest BCUT2D eigenvalue weighted by atomic mass is 9.93. The van der Waals surface area contributed by atoms with Crippen LogP contribution in [0.4, 0.5) is 0 Å². The molecule has 102 valence electrons. The molecule has 0 bridgehead atoms. The highest BCUT2D eigenvalue weighted by atomic mass is 16.5. The Hall–Kier alpha value is -1.88. The van der Waals surface area contributed by atoms with Crippen LogP contribution in [0.5, 0.6) is 0 Å². The minimum absolute atomic E-state index is 0.0469. The van der Waals surface area contributed by atoms with Gasteiger partial charge in [-0.2, -0.15) is 0 Å². The number of rotatable bonds is 3. The number of nitrogens with zero attached hydrogens (tertiary/aromatic N) is 1. The van der Waals surface area contributed by atoms with Crippen molar-refractivity contribution in [2.24, 2.45) is 5.92 Å². The molecule has 0 unspecified atom stereocenters. The van der Waals surface area contributed by atoms with Gasteiger partial charge in [0.1, 0.15) is 0 Å². The molecule has 0 aromatic heterocycles. The van der Waals surface area contributed by atoms with E-state index >= 15 is 0 Å². The van der Waals surface area contributed by atoms with E-state index in [4.69, 9.17) is 5.21 Å². The van der Waals surface area contributed by atoms with Crippen LogP contribution in [-0.4, -0.2) is 35.0 Å². The Kier molecular flexibility index (Phi) is 4.52. The van der Waals surface area contributed by atoms with E-state index in [-0.39, 0.29) is 17.7 Å². The molecule has 0 radical (unpaired) electrons. The third-order valence-electron chi connectivity index (χ3n) is 3.52. The van der Waals surface area contributed by atoms with E-state index in [1.165, 1.54) is 0 Å². The van der Waals surface area contributed by atoms with Gasteiger partial charge >= 0.3 is 0 Å². The van der Waals surface area contributed by atoms with Crippen LogP contribution in [-0.2, 0) is 4.79 Å². The maximum Gasteiger partial charge on any atom is 0.253 e. The van der Waals surface area contributed by atoms with Crippen LogP contribution in [0.3, 0.4) is 0 Å². The van der Waals surface area contributed by atoms with Gasteiger partial charge in [-0.25, -0.2) is 5.48 Å². The van der Waals surface area contributed by atoms with E-state index < -0.39 is 0 Å². The zero-order valence-electron chi connectivity index (χ0n) is 10.7. The molecule has 1 aliphatic rings. The SMILES string of the molecule is O=C(CC1CCN(C(=O)c2ccccc2)CC1)NO. The van der Waals surface area contributed by atoms with E-state index in [0.29, 0.717) is 25.1 Å². The molecule has 1 fully saturated rings. The lowest BCUT2D eigenvalue weighted by Crippen LogP contribution is -2.39. The Morgan fingerprint density at radius 3 is 2.42 bits per heavy atom. The highest BCUT2D eigenvalue weighted by molar-refractivity contribution is 5.94. The molecule has 1 saturated heterocycles. The molecule has 1 aromatic carbocycles. The van der Waals surface area contributed by atoms with Crippen LogP contribution >= 0.6 is 0 Å². The maximum absolute atomic E-state index is 12.2. The third kappa shape index (κ3) is 3.54. The standard InChI is InChI=1S/C14H18N2O3/c17-13(15-19)10-11-6-8-16(9-7-11)14(18)12-4-2-1-3-5-12/h1-5,11,19H,6-10H2,(H,15,17). The second-order valence-corrected chi connectivity index (χ2v) is 4.84. The average molecular weight is 262 g/mol. The van der Waals surface area contributed by atoms with Gasteiger partial charge in [0.2, 0.25) is 5.91 Å². The number of nitrogens with one attached hydrogen (secondary N) is 1. The quantitative estimate of drug-likeness (QED) is 0.639. The predicted molar refractivity (Wildman–Crippen MR) is 69.6 cm³/mol. The zero-order valence-corrected chi connectivity index (χ0v) is 10.7. The third-order valence-corrected chi connectivity index (χ3v) is 3.52. The van der Waals surface area contributed by atoms with E-state index in [0.717, 1.165) is 12.8 Å². The summed E-state index contributed by atoms with van der Waals surface area (Å²) in [6, 6.07) is 9.22. The van der Waals surface area contributed by atoms with E-state index in [1.54, 1.807) is 5.48 Å². The molecule has 2 N–H and O–H groups in total. The summed E-state index contributed by atoms with van der Waals surface area (Å²) in [4.78, 5) is 25.1. The Balaban J connectivity index is 1.86. The number of hydrogen-bond acceptors (Lipinski definition) is 3. The molecule has 2 amide bonds. The normalized spacial score (nSPS) is 16.2. The van der Waals surface area contributed by atoms with E-state index in [2.05, 4.69) is 0 Å². The number of piperidine rings is 1. The van der Waals surface area contributed by atoms with Gasteiger partial charge < -0.3 is 4.90 Å². The Bertz CT molecular complexity index is 439. The van der Waals surface area contributed by atoms with Gasteiger partial charge in [-0.15, -0.1) is 0 Å².